The molecule has 1 heterocycles. The summed E-state index contributed by atoms with van der Waals surface area (Å²) in [5, 5.41) is 8.97. The molecule has 0 saturated carbocycles. The van der Waals surface area contributed by atoms with Crippen molar-refractivity contribution >= 4 is 33.6 Å². The summed E-state index contributed by atoms with van der Waals surface area (Å²) in [6, 6.07) is 4.24. The summed E-state index contributed by atoms with van der Waals surface area (Å²) >= 11 is 5.15. The van der Waals surface area contributed by atoms with Crippen molar-refractivity contribution in [2.45, 2.75) is 31.6 Å². The summed E-state index contributed by atoms with van der Waals surface area (Å²) in [6.45, 7) is 6.00. The third-order valence-electron chi connectivity index (χ3n) is 3.98. The molecular weight excluding hydrogens is 350 g/mol. The number of likely N-dealkylation sites (tertiary alicyclic amines) is 1. The molecule has 0 aliphatic carbocycles. The Hall–Kier alpha value is -0.520. The van der Waals surface area contributed by atoms with E-state index < -0.39 is 0 Å². The van der Waals surface area contributed by atoms with Gasteiger partial charge >= 0.3 is 0 Å². The minimum absolute atomic E-state index is 0.209. The molecule has 1 unspecified atom stereocenters. The van der Waals surface area contributed by atoms with Crippen LogP contribution in [0.5, 0.6) is 0 Å². The molecule has 1 amide bonds. The number of carbonyl (C=O) groups excluding carboxylic acids is 1. The number of benzene rings is 1. The average molecular weight is 372 g/mol. The Morgan fingerprint density at radius 2 is 2.19 bits per heavy atom. The molecule has 21 heavy (non-hydrogen) atoms. The minimum Gasteiger partial charge on any atom is -0.396 e. The lowest BCUT2D eigenvalue weighted by molar-refractivity contribution is -0.127. The van der Waals surface area contributed by atoms with Gasteiger partial charge in [-0.2, -0.15) is 0 Å². The van der Waals surface area contributed by atoms with Crippen molar-refractivity contribution in [3.8, 4) is 0 Å². The zero-order valence-electron chi connectivity index (χ0n) is 12.6. The van der Waals surface area contributed by atoms with E-state index >= 15 is 0 Å². The molecule has 1 N–H and O–H groups in total. The first kappa shape index (κ1) is 16.8. The van der Waals surface area contributed by atoms with Crippen LogP contribution in [-0.4, -0.2) is 41.4 Å². The predicted octanol–water partition coefficient (Wildman–Crippen LogP) is 3.39. The standard InChI is InChI=1S/C16H22BrNO2S/c1-11-8-15(12(2)7-14(11)17)21-10-16(20)18-5-3-13(9-18)4-6-19/h7-8,13,19H,3-6,9-10H2,1-2H3. The lowest BCUT2D eigenvalue weighted by Gasteiger charge is -2.17. The molecule has 1 aromatic rings. The highest BCUT2D eigenvalue weighted by molar-refractivity contribution is 9.10. The monoisotopic (exact) mass is 371 g/mol. The Morgan fingerprint density at radius 1 is 1.43 bits per heavy atom. The number of aliphatic hydroxyl groups excluding tert-OH is 1. The number of halogens is 1. The molecule has 2 rings (SSSR count). The highest BCUT2D eigenvalue weighted by Crippen LogP contribution is 2.29. The maximum absolute atomic E-state index is 12.3. The van der Waals surface area contributed by atoms with Gasteiger partial charge in [-0.25, -0.2) is 0 Å². The predicted molar refractivity (Wildman–Crippen MR) is 90.7 cm³/mol. The fourth-order valence-electron chi connectivity index (χ4n) is 2.62. The highest BCUT2D eigenvalue weighted by Gasteiger charge is 2.25. The number of aliphatic hydroxyl groups is 1. The molecule has 1 aliphatic rings. The number of thioether (sulfide) groups is 1. The second-order valence-electron chi connectivity index (χ2n) is 5.66. The first-order valence-corrected chi connectivity index (χ1v) is 9.07. The number of nitrogens with zero attached hydrogens (tertiary/aromatic N) is 1. The molecule has 0 spiro atoms. The Balaban J connectivity index is 1.89. The molecule has 0 radical (unpaired) electrons. The van der Waals surface area contributed by atoms with Gasteiger partial charge in [0.05, 0.1) is 5.75 Å². The van der Waals surface area contributed by atoms with Crippen molar-refractivity contribution in [1.29, 1.82) is 0 Å². The zero-order valence-corrected chi connectivity index (χ0v) is 15.0. The summed E-state index contributed by atoms with van der Waals surface area (Å²) in [4.78, 5) is 15.4. The van der Waals surface area contributed by atoms with Crippen LogP contribution in [0.2, 0.25) is 0 Å². The van der Waals surface area contributed by atoms with E-state index in [-0.39, 0.29) is 12.5 Å². The van der Waals surface area contributed by atoms with E-state index in [1.54, 1.807) is 11.8 Å². The molecule has 1 fully saturated rings. The van der Waals surface area contributed by atoms with Crippen LogP contribution in [0.1, 0.15) is 24.0 Å². The van der Waals surface area contributed by atoms with Crippen LogP contribution in [0.25, 0.3) is 0 Å². The maximum Gasteiger partial charge on any atom is 0.232 e. The van der Waals surface area contributed by atoms with E-state index in [2.05, 4.69) is 41.9 Å². The second-order valence-corrected chi connectivity index (χ2v) is 7.53. The average Bonchev–Trinajstić information content (AvgIpc) is 2.90. The molecule has 1 saturated heterocycles. The SMILES string of the molecule is Cc1cc(SCC(=O)N2CCC(CCO)C2)c(C)cc1Br. The van der Waals surface area contributed by atoms with E-state index in [1.807, 2.05) is 4.90 Å². The van der Waals surface area contributed by atoms with E-state index in [1.165, 1.54) is 16.0 Å². The Labute approximate surface area is 139 Å². The van der Waals surface area contributed by atoms with Crippen LogP contribution >= 0.6 is 27.7 Å². The fourth-order valence-corrected chi connectivity index (χ4v) is 4.08. The lowest BCUT2D eigenvalue weighted by atomic mass is 10.1. The Kier molecular flexibility index (Phi) is 6.14. The van der Waals surface area contributed by atoms with Gasteiger partial charge < -0.3 is 10.0 Å². The molecule has 1 aromatic carbocycles. The van der Waals surface area contributed by atoms with Crippen LogP contribution in [0.4, 0.5) is 0 Å². The summed E-state index contributed by atoms with van der Waals surface area (Å²) in [6.07, 6.45) is 1.83. The normalized spacial score (nSPS) is 18.3. The van der Waals surface area contributed by atoms with Gasteiger partial charge in [-0.1, -0.05) is 15.9 Å². The topological polar surface area (TPSA) is 40.5 Å². The third-order valence-corrected chi connectivity index (χ3v) is 5.98. The van der Waals surface area contributed by atoms with Crippen molar-refractivity contribution in [2.75, 3.05) is 25.4 Å². The molecule has 1 aliphatic heterocycles. The highest BCUT2D eigenvalue weighted by atomic mass is 79.9. The maximum atomic E-state index is 12.3. The summed E-state index contributed by atoms with van der Waals surface area (Å²) in [5.41, 5.74) is 2.39. The van der Waals surface area contributed by atoms with Gasteiger partial charge in [0, 0.05) is 29.1 Å². The number of hydrogen-bond donors (Lipinski definition) is 1. The van der Waals surface area contributed by atoms with Gasteiger partial charge in [-0.05, 0) is 55.9 Å². The van der Waals surface area contributed by atoms with Crippen molar-refractivity contribution in [2.24, 2.45) is 5.92 Å². The number of rotatable bonds is 5. The van der Waals surface area contributed by atoms with Crippen LogP contribution < -0.4 is 0 Å². The van der Waals surface area contributed by atoms with Crippen molar-refractivity contribution in [1.82, 2.24) is 4.90 Å². The summed E-state index contributed by atoms with van der Waals surface area (Å²) in [5.74, 6) is 1.18. The van der Waals surface area contributed by atoms with Gasteiger partial charge in [0.15, 0.2) is 0 Å². The number of hydrogen-bond acceptors (Lipinski definition) is 3. The fraction of sp³-hybridized carbons (Fsp3) is 0.562. The largest absolute Gasteiger partial charge is 0.396 e. The van der Waals surface area contributed by atoms with Gasteiger partial charge in [-0.3, -0.25) is 4.79 Å². The first-order chi connectivity index (χ1) is 10.0. The number of carbonyl (C=O) groups is 1. The van der Waals surface area contributed by atoms with E-state index in [4.69, 9.17) is 5.11 Å². The van der Waals surface area contributed by atoms with Gasteiger partial charge in [0.2, 0.25) is 5.91 Å². The number of aryl methyl sites for hydroxylation is 2. The van der Waals surface area contributed by atoms with Crippen molar-refractivity contribution in [3.63, 3.8) is 0 Å². The quantitative estimate of drug-likeness (QED) is 0.806. The molecular formula is C16H22BrNO2S. The first-order valence-electron chi connectivity index (χ1n) is 7.29. The van der Waals surface area contributed by atoms with Crippen LogP contribution in [0.15, 0.2) is 21.5 Å². The molecule has 1 atom stereocenters. The number of amides is 1. The van der Waals surface area contributed by atoms with E-state index in [0.717, 1.165) is 30.4 Å². The third kappa shape index (κ3) is 4.47. The van der Waals surface area contributed by atoms with E-state index in [9.17, 15) is 4.79 Å². The minimum atomic E-state index is 0.209. The van der Waals surface area contributed by atoms with Crippen LogP contribution in [-0.2, 0) is 4.79 Å². The molecule has 3 nitrogen and oxygen atoms in total. The van der Waals surface area contributed by atoms with Crippen molar-refractivity contribution < 1.29 is 9.90 Å². The summed E-state index contributed by atoms with van der Waals surface area (Å²) < 4.78 is 1.11. The summed E-state index contributed by atoms with van der Waals surface area (Å²) in [7, 11) is 0. The molecule has 5 heteroatoms. The van der Waals surface area contributed by atoms with E-state index in [0.29, 0.717) is 11.7 Å². The van der Waals surface area contributed by atoms with Gasteiger partial charge in [0.1, 0.15) is 0 Å². The molecule has 0 aromatic heterocycles. The van der Waals surface area contributed by atoms with Crippen molar-refractivity contribution in [3.05, 3.63) is 27.7 Å². The molecule has 116 valence electrons. The molecule has 0 bridgehead atoms. The van der Waals surface area contributed by atoms with Gasteiger partial charge in [-0.15, -0.1) is 11.8 Å². The second kappa shape index (κ2) is 7.65. The Morgan fingerprint density at radius 3 is 2.90 bits per heavy atom. The lowest BCUT2D eigenvalue weighted by Crippen LogP contribution is -2.30. The Bertz CT molecular complexity index is 521. The zero-order chi connectivity index (χ0) is 15.4. The van der Waals surface area contributed by atoms with Gasteiger partial charge in [0.25, 0.3) is 0 Å². The smallest absolute Gasteiger partial charge is 0.232 e. The van der Waals surface area contributed by atoms with Crippen LogP contribution in [0, 0.1) is 19.8 Å². The van der Waals surface area contributed by atoms with Crippen LogP contribution in [0.3, 0.4) is 0 Å².